The summed E-state index contributed by atoms with van der Waals surface area (Å²) in [5.41, 5.74) is 0.703. The van der Waals surface area contributed by atoms with Crippen molar-refractivity contribution in [1.29, 1.82) is 0 Å². The Morgan fingerprint density at radius 3 is 2.73 bits per heavy atom. The SMILES string of the molecule is CCC#Cc1ccccc1O. The van der Waals surface area contributed by atoms with E-state index in [1.165, 1.54) is 0 Å². The van der Waals surface area contributed by atoms with E-state index in [0.717, 1.165) is 6.42 Å². The van der Waals surface area contributed by atoms with Crippen molar-refractivity contribution in [1.82, 2.24) is 0 Å². The third-order valence-corrected chi connectivity index (χ3v) is 1.30. The fraction of sp³-hybridized carbons (Fsp3) is 0.200. The zero-order valence-corrected chi connectivity index (χ0v) is 6.46. The normalized spacial score (nSPS) is 8.45. The molecule has 0 fully saturated rings. The van der Waals surface area contributed by atoms with Gasteiger partial charge in [-0.25, -0.2) is 0 Å². The maximum absolute atomic E-state index is 9.23. The van der Waals surface area contributed by atoms with Crippen molar-refractivity contribution in [3.63, 3.8) is 0 Å². The minimum absolute atomic E-state index is 0.258. The van der Waals surface area contributed by atoms with Crippen molar-refractivity contribution in [3.05, 3.63) is 29.8 Å². The van der Waals surface area contributed by atoms with Crippen LogP contribution in [0.25, 0.3) is 0 Å². The van der Waals surface area contributed by atoms with Crippen molar-refractivity contribution in [2.24, 2.45) is 0 Å². The molecular weight excluding hydrogens is 136 g/mol. The molecule has 0 radical (unpaired) electrons. The Labute approximate surface area is 66.7 Å². The van der Waals surface area contributed by atoms with Gasteiger partial charge in [-0.1, -0.05) is 30.9 Å². The van der Waals surface area contributed by atoms with E-state index in [1.807, 2.05) is 13.0 Å². The molecule has 0 unspecified atom stereocenters. The highest BCUT2D eigenvalue weighted by atomic mass is 16.3. The molecule has 0 atom stereocenters. The van der Waals surface area contributed by atoms with E-state index in [-0.39, 0.29) is 5.75 Å². The van der Waals surface area contributed by atoms with Crippen LogP contribution < -0.4 is 0 Å². The van der Waals surface area contributed by atoms with Crippen LogP contribution >= 0.6 is 0 Å². The number of phenols is 1. The molecule has 0 aliphatic carbocycles. The van der Waals surface area contributed by atoms with Crippen molar-refractivity contribution in [3.8, 4) is 17.6 Å². The Morgan fingerprint density at radius 2 is 2.09 bits per heavy atom. The molecule has 0 heterocycles. The summed E-state index contributed by atoms with van der Waals surface area (Å²) in [5.74, 6) is 6.02. The van der Waals surface area contributed by atoms with Gasteiger partial charge in [-0.15, -0.1) is 0 Å². The quantitative estimate of drug-likeness (QED) is 0.556. The molecule has 0 aliphatic heterocycles. The maximum Gasteiger partial charge on any atom is 0.131 e. The summed E-state index contributed by atoms with van der Waals surface area (Å²) < 4.78 is 0. The van der Waals surface area contributed by atoms with E-state index in [2.05, 4.69) is 11.8 Å². The van der Waals surface area contributed by atoms with E-state index >= 15 is 0 Å². The first-order chi connectivity index (χ1) is 5.34. The molecule has 0 saturated carbocycles. The third-order valence-electron chi connectivity index (χ3n) is 1.30. The lowest BCUT2D eigenvalue weighted by Crippen LogP contribution is -1.73. The first kappa shape index (κ1) is 7.68. The molecule has 1 N–H and O–H groups in total. The molecule has 1 aromatic carbocycles. The van der Waals surface area contributed by atoms with Gasteiger partial charge in [-0.2, -0.15) is 0 Å². The van der Waals surface area contributed by atoms with Crippen LogP contribution in [0.1, 0.15) is 18.9 Å². The molecule has 0 aromatic heterocycles. The number of aromatic hydroxyl groups is 1. The number of phenolic OH excluding ortho intramolecular Hbond substituents is 1. The summed E-state index contributed by atoms with van der Waals surface area (Å²) in [5, 5.41) is 9.23. The van der Waals surface area contributed by atoms with Gasteiger partial charge in [0.25, 0.3) is 0 Å². The van der Waals surface area contributed by atoms with Gasteiger partial charge in [0.2, 0.25) is 0 Å². The van der Waals surface area contributed by atoms with Gasteiger partial charge < -0.3 is 5.11 Å². The highest BCUT2D eigenvalue weighted by molar-refractivity contribution is 5.44. The van der Waals surface area contributed by atoms with Gasteiger partial charge in [0, 0.05) is 6.42 Å². The van der Waals surface area contributed by atoms with Gasteiger partial charge in [-0.3, -0.25) is 0 Å². The second-order valence-corrected chi connectivity index (χ2v) is 2.17. The molecule has 1 heteroatoms. The molecule has 56 valence electrons. The predicted octanol–water partition coefficient (Wildman–Crippen LogP) is 2.15. The first-order valence-corrected chi connectivity index (χ1v) is 3.61. The zero-order valence-electron chi connectivity index (χ0n) is 6.46. The topological polar surface area (TPSA) is 20.2 Å². The molecule has 0 aliphatic rings. The summed E-state index contributed by atoms with van der Waals surface area (Å²) in [6, 6.07) is 7.09. The highest BCUT2D eigenvalue weighted by Crippen LogP contribution is 2.13. The standard InChI is InChI=1S/C10H10O/c1-2-3-6-9-7-4-5-8-10(9)11/h4-5,7-8,11H,2H2,1H3. The molecule has 0 saturated heterocycles. The van der Waals surface area contributed by atoms with Gasteiger partial charge >= 0.3 is 0 Å². The monoisotopic (exact) mass is 146 g/mol. The van der Waals surface area contributed by atoms with E-state index in [4.69, 9.17) is 0 Å². The predicted molar refractivity (Wildman–Crippen MR) is 45.3 cm³/mol. The van der Waals surface area contributed by atoms with Crippen LogP contribution in [0.4, 0.5) is 0 Å². The zero-order chi connectivity index (χ0) is 8.10. The molecule has 1 nitrogen and oxygen atoms in total. The Kier molecular flexibility index (Phi) is 2.57. The average Bonchev–Trinajstić information content (AvgIpc) is 2.03. The Hall–Kier alpha value is -1.42. The van der Waals surface area contributed by atoms with Crippen LogP contribution in [0, 0.1) is 11.8 Å². The fourth-order valence-corrected chi connectivity index (χ4v) is 0.763. The summed E-state index contributed by atoms with van der Waals surface area (Å²) in [4.78, 5) is 0. The van der Waals surface area contributed by atoms with Crippen molar-refractivity contribution in [2.75, 3.05) is 0 Å². The number of rotatable bonds is 0. The van der Waals surface area contributed by atoms with Gasteiger partial charge in [0.05, 0.1) is 5.56 Å². The fourth-order valence-electron chi connectivity index (χ4n) is 0.763. The minimum atomic E-state index is 0.258. The number of benzene rings is 1. The largest absolute Gasteiger partial charge is 0.507 e. The molecule has 11 heavy (non-hydrogen) atoms. The number of hydrogen-bond acceptors (Lipinski definition) is 1. The third kappa shape index (κ3) is 2.01. The summed E-state index contributed by atoms with van der Waals surface area (Å²) in [7, 11) is 0. The number of para-hydroxylation sites is 1. The smallest absolute Gasteiger partial charge is 0.131 e. The van der Waals surface area contributed by atoms with E-state index < -0.39 is 0 Å². The molecule has 0 bridgehead atoms. The van der Waals surface area contributed by atoms with Crippen molar-refractivity contribution < 1.29 is 5.11 Å². The van der Waals surface area contributed by atoms with E-state index in [1.54, 1.807) is 18.2 Å². The Bertz CT molecular complexity index is 291. The first-order valence-electron chi connectivity index (χ1n) is 3.61. The average molecular weight is 146 g/mol. The molecular formula is C10H10O. The van der Waals surface area contributed by atoms with Crippen molar-refractivity contribution >= 4 is 0 Å². The maximum atomic E-state index is 9.23. The molecule has 1 rings (SSSR count). The second kappa shape index (κ2) is 3.68. The lowest BCUT2D eigenvalue weighted by molar-refractivity contribution is 0.473. The Morgan fingerprint density at radius 1 is 1.36 bits per heavy atom. The lowest BCUT2D eigenvalue weighted by Gasteiger charge is -1.92. The van der Waals surface area contributed by atoms with Gasteiger partial charge in [0.15, 0.2) is 0 Å². The van der Waals surface area contributed by atoms with Crippen LogP contribution in [-0.4, -0.2) is 5.11 Å². The Balaban J connectivity index is 2.95. The van der Waals surface area contributed by atoms with Gasteiger partial charge in [0.1, 0.15) is 5.75 Å². The number of hydrogen-bond donors (Lipinski definition) is 1. The van der Waals surface area contributed by atoms with Crippen LogP contribution in [0.2, 0.25) is 0 Å². The van der Waals surface area contributed by atoms with Crippen LogP contribution in [0.15, 0.2) is 24.3 Å². The summed E-state index contributed by atoms with van der Waals surface area (Å²) in [6.07, 6.45) is 0.814. The van der Waals surface area contributed by atoms with E-state index in [9.17, 15) is 5.11 Å². The molecule has 1 aromatic rings. The van der Waals surface area contributed by atoms with Gasteiger partial charge in [-0.05, 0) is 12.1 Å². The van der Waals surface area contributed by atoms with Crippen LogP contribution in [-0.2, 0) is 0 Å². The second-order valence-electron chi connectivity index (χ2n) is 2.17. The van der Waals surface area contributed by atoms with Crippen molar-refractivity contribution in [2.45, 2.75) is 13.3 Å². The van der Waals surface area contributed by atoms with Crippen LogP contribution in [0.5, 0.6) is 5.75 Å². The van der Waals surface area contributed by atoms with Crippen LogP contribution in [0.3, 0.4) is 0 Å². The molecule has 0 spiro atoms. The highest BCUT2D eigenvalue weighted by Gasteiger charge is 1.91. The summed E-state index contributed by atoms with van der Waals surface area (Å²) in [6.45, 7) is 1.98. The lowest BCUT2D eigenvalue weighted by atomic mass is 10.2. The molecule has 0 amide bonds. The van der Waals surface area contributed by atoms with E-state index in [0.29, 0.717) is 5.56 Å². The minimum Gasteiger partial charge on any atom is -0.507 e. The summed E-state index contributed by atoms with van der Waals surface area (Å²) >= 11 is 0.